The molecule has 4 rings (SSSR count). The topological polar surface area (TPSA) is 69.1 Å². The molecule has 2 heterocycles. The minimum atomic E-state index is -0.433. The maximum Gasteiger partial charge on any atom is 0.347 e. The first-order valence-electron chi connectivity index (χ1n) is 6.07. The Balaban J connectivity index is 2.05. The highest BCUT2D eigenvalue weighted by Crippen LogP contribution is 2.26. The summed E-state index contributed by atoms with van der Waals surface area (Å²) in [5.41, 5.74) is 1.20. The molecule has 0 atom stereocenters. The first-order chi connectivity index (χ1) is 9.83. The van der Waals surface area contributed by atoms with E-state index >= 15 is 0 Å². The van der Waals surface area contributed by atoms with Crippen LogP contribution in [0.25, 0.3) is 33.5 Å². The van der Waals surface area contributed by atoms with Crippen molar-refractivity contribution >= 4 is 21.9 Å². The minimum absolute atomic E-state index is 0.165. The van der Waals surface area contributed by atoms with Crippen LogP contribution in [0.3, 0.4) is 0 Å². The fourth-order valence-electron chi connectivity index (χ4n) is 2.16. The van der Waals surface area contributed by atoms with Gasteiger partial charge in [-0.05, 0) is 24.3 Å². The van der Waals surface area contributed by atoms with Crippen molar-refractivity contribution in [2.45, 2.75) is 0 Å². The second-order valence-electron chi connectivity index (χ2n) is 4.35. The number of hydrogen-bond acceptors (Lipinski definition) is 5. The van der Waals surface area contributed by atoms with E-state index in [0.717, 1.165) is 5.39 Å². The van der Waals surface area contributed by atoms with E-state index in [1.54, 1.807) is 24.3 Å². The Bertz CT molecular complexity index is 985. The van der Waals surface area contributed by atoms with Crippen LogP contribution in [0, 0.1) is 0 Å². The molecule has 96 valence electrons. The molecular formula is C15H8N2O3. The van der Waals surface area contributed by atoms with E-state index in [9.17, 15) is 4.79 Å². The van der Waals surface area contributed by atoms with Crippen molar-refractivity contribution in [1.82, 2.24) is 10.1 Å². The average Bonchev–Trinajstić information content (AvgIpc) is 2.91. The minimum Gasteiger partial charge on any atom is -0.401 e. The summed E-state index contributed by atoms with van der Waals surface area (Å²) < 4.78 is 10.5. The molecule has 0 fully saturated rings. The van der Waals surface area contributed by atoms with Crippen LogP contribution in [0.5, 0.6) is 0 Å². The second-order valence-corrected chi connectivity index (χ2v) is 4.35. The average molecular weight is 264 g/mol. The molecule has 4 aromatic rings. The smallest absolute Gasteiger partial charge is 0.347 e. The molecule has 0 bridgehead atoms. The Hall–Kier alpha value is -2.95. The third-order valence-corrected chi connectivity index (χ3v) is 3.12. The molecule has 5 heteroatoms. The summed E-state index contributed by atoms with van der Waals surface area (Å²) in [6.45, 7) is 0. The van der Waals surface area contributed by atoms with Gasteiger partial charge < -0.3 is 8.94 Å². The van der Waals surface area contributed by atoms with Gasteiger partial charge in [-0.25, -0.2) is 9.78 Å². The van der Waals surface area contributed by atoms with Gasteiger partial charge in [-0.15, -0.1) is 0 Å². The number of rotatable bonds is 1. The van der Waals surface area contributed by atoms with Crippen molar-refractivity contribution < 1.29 is 8.94 Å². The summed E-state index contributed by atoms with van der Waals surface area (Å²) in [5.74, 6) is 0.165. The summed E-state index contributed by atoms with van der Waals surface area (Å²) in [6.07, 6.45) is 0. The lowest BCUT2D eigenvalue weighted by atomic mass is 10.2. The van der Waals surface area contributed by atoms with Crippen molar-refractivity contribution in [1.29, 1.82) is 0 Å². The third kappa shape index (κ3) is 1.53. The molecule has 2 aromatic heterocycles. The zero-order valence-electron chi connectivity index (χ0n) is 10.2. The summed E-state index contributed by atoms with van der Waals surface area (Å²) in [7, 11) is 0. The molecule has 0 saturated carbocycles. The van der Waals surface area contributed by atoms with E-state index in [4.69, 9.17) is 8.94 Å². The van der Waals surface area contributed by atoms with Gasteiger partial charge in [0.1, 0.15) is 0 Å². The molecule has 0 spiro atoms. The van der Waals surface area contributed by atoms with Gasteiger partial charge in [-0.1, -0.05) is 29.4 Å². The highest BCUT2D eigenvalue weighted by Gasteiger charge is 2.15. The molecule has 0 aliphatic rings. The Kier molecular flexibility index (Phi) is 2.20. The van der Waals surface area contributed by atoms with Crippen molar-refractivity contribution in [3.8, 4) is 11.6 Å². The van der Waals surface area contributed by atoms with Crippen LogP contribution in [-0.2, 0) is 0 Å². The zero-order valence-corrected chi connectivity index (χ0v) is 10.2. The van der Waals surface area contributed by atoms with Crippen LogP contribution < -0.4 is 5.63 Å². The van der Waals surface area contributed by atoms with E-state index in [-0.39, 0.29) is 5.89 Å². The largest absolute Gasteiger partial charge is 0.401 e. The summed E-state index contributed by atoms with van der Waals surface area (Å²) in [6, 6.07) is 14.4. The van der Waals surface area contributed by atoms with Gasteiger partial charge in [-0.3, -0.25) is 0 Å². The van der Waals surface area contributed by atoms with E-state index in [2.05, 4.69) is 10.1 Å². The Morgan fingerprint density at radius 3 is 2.55 bits per heavy atom. The molecular weight excluding hydrogens is 256 g/mol. The van der Waals surface area contributed by atoms with Crippen molar-refractivity contribution in [3.63, 3.8) is 0 Å². The molecule has 5 nitrogen and oxygen atoms in total. The van der Waals surface area contributed by atoms with Gasteiger partial charge in [0.15, 0.2) is 11.3 Å². The number of para-hydroxylation sites is 2. The molecule has 0 aliphatic carbocycles. The van der Waals surface area contributed by atoms with Crippen LogP contribution in [0.4, 0.5) is 0 Å². The van der Waals surface area contributed by atoms with E-state index < -0.39 is 5.63 Å². The molecule has 2 aromatic carbocycles. The van der Waals surface area contributed by atoms with Crippen LogP contribution in [-0.4, -0.2) is 10.1 Å². The Morgan fingerprint density at radius 1 is 0.900 bits per heavy atom. The number of fused-ring (bicyclic) bond motifs is 2. The number of nitrogens with zero attached hydrogens (tertiary/aromatic N) is 2. The number of aromatic nitrogens is 2. The molecule has 0 amide bonds. The predicted octanol–water partition coefficient (Wildman–Crippen LogP) is 3.00. The molecule has 0 aliphatic heterocycles. The van der Waals surface area contributed by atoms with Gasteiger partial charge in [0, 0.05) is 0 Å². The second kappa shape index (κ2) is 4.03. The first kappa shape index (κ1) is 10.9. The normalized spacial score (nSPS) is 11.2. The van der Waals surface area contributed by atoms with Gasteiger partial charge in [-0.2, -0.15) is 0 Å². The van der Waals surface area contributed by atoms with Crippen LogP contribution in [0.15, 0.2) is 62.3 Å². The standard InChI is InChI=1S/C15H8N2O3/c18-15-9-5-1-3-7-11(9)16-14(19-15)13-10-6-2-4-8-12(10)20-17-13/h1-8H. The van der Waals surface area contributed by atoms with E-state index in [1.807, 2.05) is 24.3 Å². The highest BCUT2D eigenvalue weighted by molar-refractivity contribution is 5.90. The third-order valence-electron chi connectivity index (χ3n) is 3.12. The lowest BCUT2D eigenvalue weighted by Crippen LogP contribution is -2.02. The van der Waals surface area contributed by atoms with Crippen molar-refractivity contribution in [2.24, 2.45) is 0 Å². The van der Waals surface area contributed by atoms with Crippen molar-refractivity contribution in [3.05, 3.63) is 59.0 Å². The maximum atomic E-state index is 12.0. The van der Waals surface area contributed by atoms with Crippen LogP contribution in [0.2, 0.25) is 0 Å². The van der Waals surface area contributed by atoms with E-state index in [0.29, 0.717) is 22.2 Å². The van der Waals surface area contributed by atoms with Crippen LogP contribution >= 0.6 is 0 Å². The van der Waals surface area contributed by atoms with Gasteiger partial charge in [0.2, 0.25) is 0 Å². The van der Waals surface area contributed by atoms with Crippen molar-refractivity contribution in [2.75, 3.05) is 0 Å². The van der Waals surface area contributed by atoms with Gasteiger partial charge in [0.05, 0.1) is 16.3 Å². The number of hydrogen-bond donors (Lipinski definition) is 0. The first-order valence-corrected chi connectivity index (χ1v) is 6.07. The molecule has 20 heavy (non-hydrogen) atoms. The molecule has 0 unspecified atom stereocenters. The SMILES string of the molecule is O=c1oc(-c2noc3ccccc23)nc2ccccc12. The lowest BCUT2D eigenvalue weighted by molar-refractivity contribution is 0.449. The van der Waals surface area contributed by atoms with Gasteiger partial charge in [0.25, 0.3) is 5.89 Å². The zero-order chi connectivity index (χ0) is 13.5. The maximum absolute atomic E-state index is 12.0. The molecule has 0 radical (unpaired) electrons. The van der Waals surface area contributed by atoms with E-state index in [1.165, 1.54) is 0 Å². The molecule has 0 saturated heterocycles. The fraction of sp³-hybridized carbons (Fsp3) is 0. The Labute approximate surface area is 112 Å². The summed E-state index contributed by atoms with van der Waals surface area (Å²) in [5, 5.41) is 5.15. The lowest BCUT2D eigenvalue weighted by Gasteiger charge is -1.98. The fourth-order valence-corrected chi connectivity index (χ4v) is 2.16. The molecule has 0 N–H and O–H groups in total. The number of benzene rings is 2. The van der Waals surface area contributed by atoms with Crippen LogP contribution in [0.1, 0.15) is 0 Å². The summed E-state index contributed by atoms with van der Waals surface area (Å²) >= 11 is 0. The Morgan fingerprint density at radius 2 is 1.65 bits per heavy atom. The predicted molar refractivity (Wildman–Crippen MR) is 73.3 cm³/mol. The quantitative estimate of drug-likeness (QED) is 0.528. The monoisotopic (exact) mass is 264 g/mol. The van der Waals surface area contributed by atoms with Gasteiger partial charge >= 0.3 is 5.63 Å². The summed E-state index contributed by atoms with van der Waals surface area (Å²) in [4.78, 5) is 16.3. The highest BCUT2D eigenvalue weighted by atomic mass is 16.5.